The van der Waals surface area contributed by atoms with Crippen LogP contribution in [0.4, 0.5) is 0 Å². The summed E-state index contributed by atoms with van der Waals surface area (Å²) in [6.45, 7) is 2.06. The van der Waals surface area contributed by atoms with Crippen LogP contribution >= 0.6 is 11.8 Å². The van der Waals surface area contributed by atoms with E-state index in [-0.39, 0.29) is 0 Å². The maximum absolute atomic E-state index is 5.88. The molecule has 0 saturated carbocycles. The van der Waals surface area contributed by atoms with E-state index < -0.39 is 0 Å². The highest BCUT2D eigenvalue weighted by Gasteiger charge is 2.20. The van der Waals surface area contributed by atoms with Gasteiger partial charge in [0.1, 0.15) is 5.75 Å². The van der Waals surface area contributed by atoms with Gasteiger partial charge in [0.25, 0.3) is 0 Å². The average molecular weight is 470 g/mol. The molecule has 3 aromatic carbocycles. The molecule has 5 aromatic rings. The molecule has 34 heavy (non-hydrogen) atoms. The fraction of sp³-hybridized carbons (Fsp3) is 0.154. The monoisotopic (exact) mass is 469 g/mol. The first-order valence-electron chi connectivity index (χ1n) is 10.8. The molecule has 0 radical (unpaired) electrons. The zero-order chi connectivity index (χ0) is 23.3. The number of thioether (sulfide) groups is 1. The molecular formula is C26H23N5O2S. The Kier molecular flexibility index (Phi) is 6.40. The van der Waals surface area contributed by atoms with E-state index in [4.69, 9.17) is 9.15 Å². The predicted molar refractivity (Wildman–Crippen MR) is 131 cm³/mol. The fourth-order valence-electron chi connectivity index (χ4n) is 3.61. The summed E-state index contributed by atoms with van der Waals surface area (Å²) in [5, 5.41) is 18.1. The number of para-hydroxylation sites is 1. The normalized spacial score (nSPS) is 11.0. The van der Waals surface area contributed by atoms with Crippen molar-refractivity contribution in [2.24, 2.45) is 0 Å². The van der Waals surface area contributed by atoms with Crippen molar-refractivity contribution in [2.75, 3.05) is 7.11 Å². The summed E-state index contributed by atoms with van der Waals surface area (Å²) in [5.41, 5.74) is 4.15. The summed E-state index contributed by atoms with van der Waals surface area (Å²) < 4.78 is 13.5. The second-order valence-corrected chi connectivity index (χ2v) is 8.66. The molecule has 0 aliphatic heterocycles. The first-order chi connectivity index (χ1) is 16.7. The van der Waals surface area contributed by atoms with E-state index >= 15 is 0 Å². The number of hydrogen-bond acceptors (Lipinski definition) is 7. The Hall–Kier alpha value is -3.91. The Labute approximate surface area is 201 Å². The van der Waals surface area contributed by atoms with Gasteiger partial charge in [-0.25, -0.2) is 0 Å². The van der Waals surface area contributed by atoms with Gasteiger partial charge in [0.2, 0.25) is 11.8 Å². The van der Waals surface area contributed by atoms with Crippen molar-refractivity contribution in [2.45, 2.75) is 24.3 Å². The largest absolute Gasteiger partial charge is 0.496 e. The summed E-state index contributed by atoms with van der Waals surface area (Å²) in [6, 6.07) is 26.1. The van der Waals surface area contributed by atoms with Crippen molar-refractivity contribution in [3.63, 3.8) is 0 Å². The zero-order valence-corrected chi connectivity index (χ0v) is 19.7. The van der Waals surface area contributed by atoms with E-state index in [0.29, 0.717) is 29.8 Å². The maximum Gasteiger partial charge on any atom is 0.226 e. The third kappa shape index (κ3) is 4.72. The van der Waals surface area contributed by atoms with E-state index in [2.05, 4.69) is 51.6 Å². The molecule has 0 fully saturated rings. The Morgan fingerprint density at radius 2 is 1.56 bits per heavy atom. The van der Waals surface area contributed by atoms with E-state index in [1.54, 1.807) is 7.11 Å². The predicted octanol–water partition coefficient (Wildman–Crippen LogP) is 5.52. The highest BCUT2D eigenvalue weighted by Crippen LogP contribution is 2.34. The molecule has 170 valence electrons. The minimum absolute atomic E-state index is 0.484. The van der Waals surface area contributed by atoms with Gasteiger partial charge in [0.15, 0.2) is 11.0 Å². The number of aryl methyl sites for hydroxylation is 1. The third-order valence-electron chi connectivity index (χ3n) is 5.31. The summed E-state index contributed by atoms with van der Waals surface area (Å²) >= 11 is 1.50. The molecule has 0 N–H and O–H groups in total. The van der Waals surface area contributed by atoms with Gasteiger partial charge in [0.05, 0.1) is 24.8 Å². The van der Waals surface area contributed by atoms with Crippen LogP contribution in [0.3, 0.4) is 0 Å². The van der Waals surface area contributed by atoms with Crippen molar-refractivity contribution in [3.8, 4) is 22.8 Å². The number of aromatic nitrogens is 5. The molecule has 0 spiro atoms. The van der Waals surface area contributed by atoms with Crippen molar-refractivity contribution in [3.05, 3.63) is 102 Å². The van der Waals surface area contributed by atoms with Crippen LogP contribution in [0.25, 0.3) is 17.1 Å². The lowest BCUT2D eigenvalue weighted by Gasteiger charge is -2.12. The van der Waals surface area contributed by atoms with E-state index in [0.717, 1.165) is 27.7 Å². The van der Waals surface area contributed by atoms with Gasteiger partial charge < -0.3 is 9.15 Å². The summed E-state index contributed by atoms with van der Waals surface area (Å²) in [4.78, 5) is 0. The third-order valence-corrected chi connectivity index (χ3v) is 6.22. The van der Waals surface area contributed by atoms with Gasteiger partial charge in [-0.3, -0.25) is 4.57 Å². The average Bonchev–Trinajstić information content (AvgIpc) is 3.50. The molecule has 0 bridgehead atoms. The molecule has 5 rings (SSSR count). The molecule has 0 aliphatic rings. The summed E-state index contributed by atoms with van der Waals surface area (Å²) in [7, 11) is 1.66. The maximum atomic E-state index is 5.88. The smallest absolute Gasteiger partial charge is 0.226 e. The second-order valence-electron chi connectivity index (χ2n) is 7.72. The van der Waals surface area contributed by atoms with Crippen LogP contribution in [0.5, 0.6) is 5.75 Å². The number of rotatable bonds is 8. The molecule has 8 heteroatoms. The van der Waals surface area contributed by atoms with E-state index in [9.17, 15) is 0 Å². The number of ether oxygens (including phenoxy) is 1. The molecule has 2 heterocycles. The topological polar surface area (TPSA) is 78.9 Å². The minimum atomic E-state index is 0.484. The summed E-state index contributed by atoms with van der Waals surface area (Å²) in [6.07, 6.45) is 0.607. The van der Waals surface area contributed by atoms with Gasteiger partial charge in [-0.2, -0.15) is 0 Å². The molecule has 0 saturated heterocycles. The quantitative estimate of drug-likeness (QED) is 0.277. The molecular weight excluding hydrogens is 446 g/mol. The first kappa shape index (κ1) is 21.9. The Balaban J connectivity index is 1.43. The molecule has 0 aliphatic carbocycles. The number of nitrogens with zero attached hydrogens (tertiary/aromatic N) is 5. The van der Waals surface area contributed by atoms with Crippen LogP contribution in [0.2, 0.25) is 0 Å². The minimum Gasteiger partial charge on any atom is -0.496 e. The van der Waals surface area contributed by atoms with Gasteiger partial charge in [-0.1, -0.05) is 71.9 Å². The number of benzene rings is 3. The highest BCUT2D eigenvalue weighted by molar-refractivity contribution is 7.98. The van der Waals surface area contributed by atoms with Crippen molar-refractivity contribution < 1.29 is 9.15 Å². The molecule has 0 atom stereocenters. The van der Waals surface area contributed by atoms with Gasteiger partial charge >= 0.3 is 0 Å². The van der Waals surface area contributed by atoms with Crippen LogP contribution in [0, 0.1) is 6.92 Å². The Bertz CT molecular complexity index is 1380. The van der Waals surface area contributed by atoms with Crippen LogP contribution in [-0.4, -0.2) is 32.1 Å². The van der Waals surface area contributed by atoms with Gasteiger partial charge in [-0.15, -0.1) is 20.4 Å². The lowest BCUT2D eigenvalue weighted by atomic mass is 10.1. The van der Waals surface area contributed by atoms with Crippen LogP contribution < -0.4 is 4.74 Å². The van der Waals surface area contributed by atoms with Crippen molar-refractivity contribution in [1.29, 1.82) is 0 Å². The van der Waals surface area contributed by atoms with Crippen molar-refractivity contribution in [1.82, 2.24) is 25.0 Å². The van der Waals surface area contributed by atoms with Gasteiger partial charge in [0, 0.05) is 5.69 Å². The Morgan fingerprint density at radius 1 is 0.824 bits per heavy atom. The lowest BCUT2D eigenvalue weighted by molar-refractivity contribution is 0.416. The highest BCUT2D eigenvalue weighted by atomic mass is 32.2. The lowest BCUT2D eigenvalue weighted by Crippen LogP contribution is -2.01. The number of methoxy groups -OCH3 is 1. The van der Waals surface area contributed by atoms with Crippen molar-refractivity contribution >= 4 is 11.8 Å². The Morgan fingerprint density at radius 3 is 2.35 bits per heavy atom. The van der Waals surface area contributed by atoms with E-state index in [1.807, 2.05) is 59.2 Å². The SMILES string of the molecule is COc1ccccc1-c1nnc(SCc2nnc(Cc3ccccc3)o2)n1-c1ccc(C)cc1. The summed E-state index contributed by atoms with van der Waals surface area (Å²) in [5.74, 6) is 3.07. The van der Waals surface area contributed by atoms with Crippen LogP contribution in [0.1, 0.15) is 22.9 Å². The van der Waals surface area contributed by atoms with Crippen LogP contribution in [-0.2, 0) is 12.2 Å². The molecule has 0 unspecified atom stereocenters. The second kappa shape index (κ2) is 9.93. The fourth-order valence-corrected chi connectivity index (χ4v) is 4.40. The molecule has 2 aromatic heterocycles. The molecule has 7 nitrogen and oxygen atoms in total. The standard InChI is InChI=1S/C26H23N5O2S/c1-18-12-14-20(15-13-18)31-25(21-10-6-7-11-22(21)32-2)29-30-26(31)34-17-24-28-27-23(33-24)16-19-8-4-3-5-9-19/h3-15H,16-17H2,1-2H3. The van der Waals surface area contributed by atoms with Crippen LogP contribution in [0.15, 0.2) is 88.4 Å². The number of hydrogen-bond donors (Lipinski definition) is 0. The van der Waals surface area contributed by atoms with Gasteiger partial charge in [-0.05, 0) is 36.8 Å². The first-order valence-corrected chi connectivity index (χ1v) is 11.8. The zero-order valence-electron chi connectivity index (χ0n) is 18.9. The van der Waals surface area contributed by atoms with E-state index in [1.165, 1.54) is 17.3 Å². The molecule has 0 amide bonds.